The van der Waals surface area contributed by atoms with Gasteiger partial charge in [0.05, 0.1) is 0 Å². The monoisotopic (exact) mass is 268 g/mol. The molecule has 0 aliphatic heterocycles. The van der Waals surface area contributed by atoms with E-state index in [9.17, 15) is 9.59 Å². The van der Waals surface area contributed by atoms with Gasteiger partial charge >= 0.3 is 11.8 Å². The maximum Gasteiger partial charge on any atom is 0.314 e. The molecule has 2 aromatic carbocycles. The lowest BCUT2D eigenvalue weighted by atomic mass is 10.1. The molecule has 0 spiro atoms. The number of nitrogens with one attached hydrogen (secondary N) is 2. The fourth-order valence-electron chi connectivity index (χ4n) is 1.72. The van der Waals surface area contributed by atoms with Crippen LogP contribution in [-0.4, -0.2) is 11.8 Å². The standard InChI is InChI=1S/C16H16N2O2/c1-11-8-9-14(10-12(11)2)18-16(20)15(19)17-13-6-4-3-5-7-13/h3-10H,1-2H3,(H,17,19)(H,18,20). The highest BCUT2D eigenvalue weighted by Gasteiger charge is 2.13. The summed E-state index contributed by atoms with van der Waals surface area (Å²) in [5.41, 5.74) is 3.40. The number of hydrogen-bond acceptors (Lipinski definition) is 2. The van der Waals surface area contributed by atoms with Gasteiger partial charge < -0.3 is 10.6 Å². The second kappa shape index (κ2) is 6.02. The molecule has 0 heterocycles. The number of carbonyl (C=O) groups excluding carboxylic acids is 2. The highest BCUT2D eigenvalue weighted by Crippen LogP contribution is 2.14. The molecule has 102 valence electrons. The summed E-state index contributed by atoms with van der Waals surface area (Å²) in [5, 5.41) is 5.12. The van der Waals surface area contributed by atoms with Gasteiger partial charge in [0, 0.05) is 11.4 Å². The van der Waals surface area contributed by atoms with Crippen LogP contribution in [0.15, 0.2) is 48.5 Å². The van der Waals surface area contributed by atoms with E-state index in [0.717, 1.165) is 11.1 Å². The zero-order valence-corrected chi connectivity index (χ0v) is 11.4. The van der Waals surface area contributed by atoms with Crippen LogP contribution in [0.3, 0.4) is 0 Å². The fourth-order valence-corrected chi connectivity index (χ4v) is 1.72. The minimum atomic E-state index is -0.686. The summed E-state index contributed by atoms with van der Waals surface area (Å²) >= 11 is 0. The van der Waals surface area contributed by atoms with E-state index < -0.39 is 11.8 Å². The summed E-state index contributed by atoms with van der Waals surface area (Å²) in [6.07, 6.45) is 0. The summed E-state index contributed by atoms with van der Waals surface area (Å²) in [6.45, 7) is 3.94. The van der Waals surface area contributed by atoms with Crippen molar-refractivity contribution in [3.8, 4) is 0 Å². The first-order chi connectivity index (χ1) is 9.56. The Morgan fingerprint density at radius 3 is 1.95 bits per heavy atom. The number of anilines is 2. The number of amides is 2. The van der Waals surface area contributed by atoms with E-state index in [-0.39, 0.29) is 0 Å². The van der Waals surface area contributed by atoms with Crippen LogP contribution < -0.4 is 10.6 Å². The summed E-state index contributed by atoms with van der Waals surface area (Å²) in [6, 6.07) is 14.4. The Kier molecular flexibility index (Phi) is 4.15. The first-order valence-corrected chi connectivity index (χ1v) is 6.31. The summed E-state index contributed by atoms with van der Waals surface area (Å²) in [5.74, 6) is -1.37. The van der Waals surface area contributed by atoms with Gasteiger partial charge in [-0.1, -0.05) is 24.3 Å². The van der Waals surface area contributed by atoms with Gasteiger partial charge in [-0.15, -0.1) is 0 Å². The molecule has 0 saturated carbocycles. The molecule has 0 aliphatic carbocycles. The van der Waals surface area contributed by atoms with Gasteiger partial charge in [0.15, 0.2) is 0 Å². The van der Waals surface area contributed by atoms with Crippen LogP contribution in [0.1, 0.15) is 11.1 Å². The van der Waals surface area contributed by atoms with Crippen molar-refractivity contribution in [2.75, 3.05) is 10.6 Å². The van der Waals surface area contributed by atoms with Gasteiger partial charge in [-0.2, -0.15) is 0 Å². The first kappa shape index (κ1) is 13.8. The molecule has 0 unspecified atom stereocenters. The maximum atomic E-state index is 11.8. The molecule has 2 aromatic rings. The smallest absolute Gasteiger partial charge is 0.314 e. The van der Waals surface area contributed by atoms with Crippen LogP contribution in [0.2, 0.25) is 0 Å². The van der Waals surface area contributed by atoms with Crippen molar-refractivity contribution in [2.45, 2.75) is 13.8 Å². The van der Waals surface area contributed by atoms with Crippen molar-refractivity contribution in [3.63, 3.8) is 0 Å². The van der Waals surface area contributed by atoms with Gasteiger partial charge in [-0.3, -0.25) is 9.59 Å². The second-order valence-corrected chi connectivity index (χ2v) is 4.57. The Hall–Kier alpha value is -2.62. The third-order valence-corrected chi connectivity index (χ3v) is 3.00. The first-order valence-electron chi connectivity index (χ1n) is 6.31. The Morgan fingerprint density at radius 2 is 1.35 bits per heavy atom. The highest BCUT2D eigenvalue weighted by atomic mass is 16.2. The average molecular weight is 268 g/mol. The zero-order chi connectivity index (χ0) is 14.5. The lowest BCUT2D eigenvalue weighted by molar-refractivity contribution is -0.132. The molecular formula is C16H16N2O2. The van der Waals surface area contributed by atoms with E-state index in [1.54, 1.807) is 30.3 Å². The quantitative estimate of drug-likeness (QED) is 0.823. The Bertz CT molecular complexity index is 636. The minimum absolute atomic E-state index is 0.590. The second-order valence-electron chi connectivity index (χ2n) is 4.57. The number of rotatable bonds is 2. The van der Waals surface area contributed by atoms with Gasteiger partial charge in [-0.05, 0) is 49.2 Å². The van der Waals surface area contributed by atoms with Gasteiger partial charge in [0.1, 0.15) is 0 Å². The van der Waals surface area contributed by atoms with E-state index in [1.807, 2.05) is 32.0 Å². The molecule has 0 bridgehead atoms. The Morgan fingerprint density at radius 1 is 0.750 bits per heavy atom. The van der Waals surface area contributed by atoms with Gasteiger partial charge in [-0.25, -0.2) is 0 Å². The average Bonchev–Trinajstić information content (AvgIpc) is 2.44. The highest BCUT2D eigenvalue weighted by molar-refractivity contribution is 6.43. The molecule has 0 saturated heterocycles. The van der Waals surface area contributed by atoms with Crippen LogP contribution >= 0.6 is 0 Å². The van der Waals surface area contributed by atoms with Crippen LogP contribution in [0.4, 0.5) is 11.4 Å². The van der Waals surface area contributed by atoms with Gasteiger partial charge in [0.25, 0.3) is 0 Å². The molecule has 0 fully saturated rings. The number of hydrogen-bond donors (Lipinski definition) is 2. The van der Waals surface area contributed by atoms with Crippen molar-refractivity contribution in [1.82, 2.24) is 0 Å². The van der Waals surface area contributed by atoms with E-state index >= 15 is 0 Å². The molecular weight excluding hydrogens is 252 g/mol. The van der Waals surface area contributed by atoms with E-state index in [0.29, 0.717) is 11.4 Å². The maximum absolute atomic E-state index is 11.8. The molecule has 4 heteroatoms. The van der Waals surface area contributed by atoms with E-state index in [4.69, 9.17) is 0 Å². The summed E-state index contributed by atoms with van der Waals surface area (Å²) < 4.78 is 0. The number of benzene rings is 2. The number of para-hydroxylation sites is 1. The predicted octanol–water partition coefficient (Wildman–Crippen LogP) is 2.88. The Balaban J connectivity index is 2.01. The summed E-state index contributed by atoms with van der Waals surface area (Å²) in [4.78, 5) is 23.5. The van der Waals surface area contributed by atoms with E-state index in [2.05, 4.69) is 10.6 Å². The lowest BCUT2D eigenvalue weighted by Gasteiger charge is -2.08. The number of carbonyl (C=O) groups is 2. The van der Waals surface area contributed by atoms with Crippen molar-refractivity contribution in [2.24, 2.45) is 0 Å². The largest absolute Gasteiger partial charge is 0.318 e. The van der Waals surface area contributed by atoms with Crippen molar-refractivity contribution in [1.29, 1.82) is 0 Å². The van der Waals surface area contributed by atoms with Crippen LogP contribution in [0.25, 0.3) is 0 Å². The summed E-state index contributed by atoms with van der Waals surface area (Å²) in [7, 11) is 0. The molecule has 0 atom stereocenters. The SMILES string of the molecule is Cc1ccc(NC(=O)C(=O)Nc2ccccc2)cc1C. The predicted molar refractivity (Wildman–Crippen MR) is 79.6 cm³/mol. The van der Waals surface area contributed by atoms with Crippen molar-refractivity contribution in [3.05, 3.63) is 59.7 Å². The Labute approximate surface area is 117 Å². The lowest BCUT2D eigenvalue weighted by Crippen LogP contribution is -2.29. The molecule has 0 radical (unpaired) electrons. The molecule has 2 rings (SSSR count). The minimum Gasteiger partial charge on any atom is -0.318 e. The third-order valence-electron chi connectivity index (χ3n) is 3.00. The molecule has 4 nitrogen and oxygen atoms in total. The molecule has 20 heavy (non-hydrogen) atoms. The topological polar surface area (TPSA) is 58.2 Å². The van der Waals surface area contributed by atoms with Crippen LogP contribution in [0, 0.1) is 13.8 Å². The normalized spacial score (nSPS) is 9.90. The number of aryl methyl sites for hydroxylation is 2. The van der Waals surface area contributed by atoms with Gasteiger partial charge in [0.2, 0.25) is 0 Å². The van der Waals surface area contributed by atoms with Crippen LogP contribution in [-0.2, 0) is 9.59 Å². The fraction of sp³-hybridized carbons (Fsp3) is 0.125. The zero-order valence-electron chi connectivity index (χ0n) is 11.4. The molecule has 2 amide bonds. The molecule has 0 aliphatic rings. The van der Waals surface area contributed by atoms with Crippen molar-refractivity contribution >= 4 is 23.2 Å². The van der Waals surface area contributed by atoms with E-state index in [1.165, 1.54) is 0 Å². The molecule has 0 aromatic heterocycles. The molecule has 2 N–H and O–H groups in total. The van der Waals surface area contributed by atoms with Crippen LogP contribution in [0.5, 0.6) is 0 Å². The third kappa shape index (κ3) is 3.45. The van der Waals surface area contributed by atoms with Crippen molar-refractivity contribution < 1.29 is 9.59 Å².